The Morgan fingerprint density at radius 1 is 1.22 bits per heavy atom. The number of hydrogen-bond donors (Lipinski definition) is 1. The van der Waals surface area contributed by atoms with Crippen LogP contribution >= 0.6 is 23.2 Å². The topological polar surface area (TPSA) is 92.8 Å². The second-order valence-electron chi connectivity index (χ2n) is 8.82. The van der Waals surface area contributed by atoms with Crippen LogP contribution in [0.3, 0.4) is 0 Å². The number of methoxy groups -OCH3 is 1. The van der Waals surface area contributed by atoms with Crippen molar-refractivity contribution >= 4 is 51.7 Å². The van der Waals surface area contributed by atoms with Crippen LogP contribution in [-0.2, 0) is 9.53 Å². The molecule has 2 aromatic carbocycles. The number of halogens is 2. The first kappa shape index (κ1) is 24.1. The lowest BCUT2D eigenvalue weighted by Crippen LogP contribution is -2.14. The lowest BCUT2D eigenvalue weighted by atomic mass is 9.98. The molecule has 0 aliphatic heterocycles. The van der Waals surface area contributed by atoms with E-state index in [0.29, 0.717) is 33.0 Å². The molecular weight excluding hydrogens is 497 g/mol. The third-order valence-corrected chi connectivity index (χ3v) is 7.32. The second-order valence-corrected chi connectivity index (χ2v) is 9.61. The number of esters is 1. The number of benzene rings is 2. The number of carbonyl (C=O) groups is 1. The molecule has 0 radical (unpaired) electrons. The zero-order valence-electron chi connectivity index (χ0n) is 19.7. The van der Waals surface area contributed by atoms with Gasteiger partial charge in [0, 0.05) is 27.9 Å². The smallest absolute Gasteiger partial charge is 0.327 e. The average Bonchev–Trinajstić information content (AvgIpc) is 3.63. The van der Waals surface area contributed by atoms with Crippen LogP contribution in [0.25, 0.3) is 11.0 Å². The van der Waals surface area contributed by atoms with E-state index in [2.05, 4.69) is 15.3 Å². The number of rotatable bonds is 7. The van der Waals surface area contributed by atoms with E-state index in [0.717, 1.165) is 35.0 Å². The summed E-state index contributed by atoms with van der Waals surface area (Å²) in [4.78, 5) is 21.1. The summed E-state index contributed by atoms with van der Waals surface area (Å²) in [6.07, 6.45) is 5.73. The maximum absolute atomic E-state index is 12.1. The van der Waals surface area contributed by atoms with Crippen LogP contribution in [0, 0.1) is 11.3 Å². The molecule has 4 aromatic rings. The fraction of sp³-hybridized carbons (Fsp3) is 0.259. The van der Waals surface area contributed by atoms with Gasteiger partial charge in [-0.15, -0.1) is 0 Å². The third kappa shape index (κ3) is 4.39. The van der Waals surface area contributed by atoms with Gasteiger partial charge in [0.1, 0.15) is 11.3 Å². The van der Waals surface area contributed by atoms with E-state index < -0.39 is 11.9 Å². The number of hydrogen-bond acceptors (Lipinski definition) is 6. The van der Waals surface area contributed by atoms with Crippen LogP contribution in [-0.4, -0.2) is 27.6 Å². The highest BCUT2D eigenvalue weighted by Gasteiger charge is 2.29. The Balaban J connectivity index is 1.52. The van der Waals surface area contributed by atoms with Crippen molar-refractivity contribution in [1.82, 2.24) is 14.5 Å². The summed E-state index contributed by atoms with van der Waals surface area (Å²) in [6, 6.07) is 14.8. The molecule has 2 heterocycles. The number of para-hydroxylation sites is 1. The van der Waals surface area contributed by atoms with Gasteiger partial charge in [-0.1, -0.05) is 47.5 Å². The van der Waals surface area contributed by atoms with Crippen molar-refractivity contribution in [1.29, 1.82) is 5.26 Å². The normalized spacial score (nSPS) is 14.8. The highest BCUT2D eigenvalue weighted by atomic mass is 35.5. The molecule has 0 amide bonds. The van der Waals surface area contributed by atoms with E-state index in [1.165, 1.54) is 7.11 Å². The predicted octanol–water partition coefficient (Wildman–Crippen LogP) is 6.75. The molecule has 0 spiro atoms. The molecule has 182 valence electrons. The van der Waals surface area contributed by atoms with Gasteiger partial charge in [0.25, 0.3) is 0 Å². The van der Waals surface area contributed by atoms with Crippen LogP contribution in [0.2, 0.25) is 10.0 Å². The van der Waals surface area contributed by atoms with Crippen molar-refractivity contribution < 1.29 is 9.53 Å². The van der Waals surface area contributed by atoms with Gasteiger partial charge >= 0.3 is 5.97 Å². The van der Waals surface area contributed by atoms with Crippen molar-refractivity contribution in [2.75, 3.05) is 12.4 Å². The van der Waals surface area contributed by atoms with Crippen molar-refractivity contribution in [2.45, 2.75) is 37.6 Å². The first-order valence-corrected chi connectivity index (χ1v) is 12.3. The van der Waals surface area contributed by atoms with Crippen molar-refractivity contribution in [3.8, 4) is 6.07 Å². The van der Waals surface area contributed by atoms with Gasteiger partial charge in [0.15, 0.2) is 5.92 Å². The zero-order chi connectivity index (χ0) is 25.4. The Morgan fingerprint density at radius 3 is 2.72 bits per heavy atom. The molecule has 1 unspecified atom stereocenters. The fourth-order valence-corrected chi connectivity index (χ4v) is 5.33. The number of nitriles is 1. The number of ether oxygens (including phenoxy) is 1. The van der Waals surface area contributed by atoms with E-state index in [4.69, 9.17) is 27.9 Å². The lowest BCUT2D eigenvalue weighted by molar-refractivity contribution is -0.140. The SMILES string of the molecule is COC(=O)C(C#N)c1ccccc1Nc1cc2c(cn1)ncn2[C@H](C)c1c(Cl)ccc(C2CC2)c1Cl. The van der Waals surface area contributed by atoms with Crippen molar-refractivity contribution in [2.24, 2.45) is 0 Å². The molecule has 36 heavy (non-hydrogen) atoms. The fourth-order valence-electron chi connectivity index (χ4n) is 4.49. The van der Waals surface area contributed by atoms with Gasteiger partial charge in [0.05, 0.1) is 42.3 Å². The summed E-state index contributed by atoms with van der Waals surface area (Å²) < 4.78 is 6.82. The van der Waals surface area contributed by atoms with E-state index in [1.54, 1.807) is 30.7 Å². The van der Waals surface area contributed by atoms with E-state index >= 15 is 0 Å². The van der Waals surface area contributed by atoms with Crippen LogP contribution in [0.1, 0.15) is 54.3 Å². The Morgan fingerprint density at radius 2 is 2.00 bits per heavy atom. The molecule has 2 aromatic heterocycles. The molecule has 1 N–H and O–H groups in total. The number of anilines is 2. The van der Waals surface area contributed by atoms with Gasteiger partial charge in [-0.05, 0) is 43.4 Å². The number of fused-ring (bicyclic) bond motifs is 1. The first-order valence-electron chi connectivity index (χ1n) is 11.6. The highest BCUT2D eigenvalue weighted by Crippen LogP contribution is 2.47. The molecule has 1 saturated carbocycles. The number of pyridine rings is 1. The lowest BCUT2D eigenvalue weighted by Gasteiger charge is -2.20. The minimum atomic E-state index is -1.06. The summed E-state index contributed by atoms with van der Waals surface area (Å²) in [7, 11) is 1.26. The number of imidazole rings is 1. The number of aromatic nitrogens is 3. The average molecular weight is 520 g/mol. The van der Waals surface area contributed by atoms with Gasteiger partial charge in [0.2, 0.25) is 0 Å². The molecule has 1 aliphatic carbocycles. The number of carbonyl (C=O) groups excluding carboxylic acids is 1. The summed E-state index contributed by atoms with van der Waals surface area (Å²) in [5, 5.41) is 14.1. The van der Waals surface area contributed by atoms with Gasteiger partial charge < -0.3 is 14.6 Å². The third-order valence-electron chi connectivity index (χ3n) is 6.57. The van der Waals surface area contributed by atoms with E-state index in [9.17, 15) is 10.1 Å². The molecule has 5 rings (SSSR count). The summed E-state index contributed by atoms with van der Waals surface area (Å²) in [5.41, 5.74) is 4.66. The predicted molar refractivity (Wildman–Crippen MR) is 140 cm³/mol. The zero-order valence-corrected chi connectivity index (χ0v) is 21.2. The minimum Gasteiger partial charge on any atom is -0.468 e. The van der Waals surface area contributed by atoms with Crippen molar-refractivity contribution in [3.05, 3.63) is 81.7 Å². The number of nitrogens with one attached hydrogen (secondary N) is 1. The standard InChI is InChI=1S/C27H23Cl2N5O2/c1-15(25-20(28)10-9-17(26(25)29)16-7-8-16)34-14-32-22-13-31-24(11-23(22)34)33-21-6-4-3-5-18(21)19(12-30)27(35)36-2/h3-6,9-11,13-16,19H,7-8H2,1-2H3,(H,31,33)/t15-,19?/m1/s1. The molecule has 7 nitrogen and oxygen atoms in total. The first-order chi connectivity index (χ1) is 17.4. The summed E-state index contributed by atoms with van der Waals surface area (Å²) in [6.45, 7) is 2.04. The molecule has 9 heteroatoms. The van der Waals surface area contributed by atoms with Crippen LogP contribution in [0.5, 0.6) is 0 Å². The molecule has 1 aliphatic rings. The van der Waals surface area contributed by atoms with Gasteiger partial charge in [-0.2, -0.15) is 5.26 Å². The largest absolute Gasteiger partial charge is 0.468 e. The van der Waals surface area contributed by atoms with Crippen LogP contribution in [0.4, 0.5) is 11.5 Å². The Bertz CT molecular complexity index is 1510. The minimum absolute atomic E-state index is 0.168. The van der Waals surface area contributed by atoms with Crippen LogP contribution in [0.15, 0.2) is 55.0 Å². The highest BCUT2D eigenvalue weighted by molar-refractivity contribution is 6.36. The summed E-state index contributed by atoms with van der Waals surface area (Å²) in [5.74, 6) is -0.641. The second kappa shape index (κ2) is 9.81. The Hall–Kier alpha value is -3.60. The molecule has 0 bridgehead atoms. The maximum Gasteiger partial charge on any atom is 0.327 e. The van der Waals surface area contributed by atoms with Gasteiger partial charge in [-0.3, -0.25) is 4.79 Å². The molecule has 1 fully saturated rings. The molecule has 0 saturated heterocycles. The van der Waals surface area contributed by atoms with Gasteiger partial charge in [-0.25, -0.2) is 9.97 Å². The quantitative estimate of drug-likeness (QED) is 0.271. The molecular formula is C27H23Cl2N5O2. The van der Waals surface area contributed by atoms with E-state index in [-0.39, 0.29) is 6.04 Å². The molecule has 2 atom stereocenters. The van der Waals surface area contributed by atoms with Crippen LogP contribution < -0.4 is 5.32 Å². The Kier molecular flexibility index (Phi) is 6.57. The van der Waals surface area contributed by atoms with Crippen molar-refractivity contribution in [3.63, 3.8) is 0 Å². The maximum atomic E-state index is 12.1. The van der Waals surface area contributed by atoms with E-state index in [1.807, 2.05) is 41.8 Å². The summed E-state index contributed by atoms with van der Waals surface area (Å²) >= 11 is 13.5. The Labute approximate surface area is 218 Å². The number of nitrogens with zero attached hydrogens (tertiary/aromatic N) is 4. The monoisotopic (exact) mass is 519 g/mol.